The summed E-state index contributed by atoms with van der Waals surface area (Å²) in [4.78, 5) is 12.0. The van der Waals surface area contributed by atoms with Gasteiger partial charge in [-0.1, -0.05) is 18.7 Å². The third-order valence-electron chi connectivity index (χ3n) is 6.21. The molecule has 1 N–H and O–H groups in total. The van der Waals surface area contributed by atoms with Crippen LogP contribution in [0.3, 0.4) is 0 Å². The second-order valence-electron chi connectivity index (χ2n) is 8.18. The van der Waals surface area contributed by atoms with Gasteiger partial charge in [-0.2, -0.15) is 0 Å². The molecule has 0 amide bonds. The molecule has 0 radical (unpaired) electrons. The Bertz CT molecular complexity index is 1060. The van der Waals surface area contributed by atoms with Gasteiger partial charge in [-0.25, -0.2) is 14.4 Å². The van der Waals surface area contributed by atoms with Crippen molar-refractivity contribution in [2.75, 3.05) is 44.9 Å². The molecule has 0 spiro atoms. The van der Waals surface area contributed by atoms with Gasteiger partial charge < -0.3 is 14.6 Å². The van der Waals surface area contributed by atoms with Crippen LogP contribution in [0.25, 0.3) is 22.5 Å². The van der Waals surface area contributed by atoms with Crippen molar-refractivity contribution in [1.29, 1.82) is 0 Å². The Morgan fingerprint density at radius 2 is 2.03 bits per heavy atom. The van der Waals surface area contributed by atoms with E-state index in [0.717, 1.165) is 46.6 Å². The standard InChI is InChI=1S/C25H32FN5OS/c1-4-30-13-5-6-21(30)17-28-22-16-19(11-12-27-22)24-23(18-7-9-20(26)10-8-18)29-25(33-3)31(24)14-15-32-2/h7-12,16,21H,4-6,13-15,17H2,1-3H3,(H,27,28). The summed E-state index contributed by atoms with van der Waals surface area (Å²) in [5.41, 5.74) is 3.73. The van der Waals surface area contributed by atoms with Crippen LogP contribution in [0.15, 0.2) is 47.8 Å². The van der Waals surface area contributed by atoms with Crippen LogP contribution in [0.4, 0.5) is 10.2 Å². The van der Waals surface area contributed by atoms with E-state index in [2.05, 4.69) is 32.8 Å². The molecular weight excluding hydrogens is 437 g/mol. The zero-order chi connectivity index (χ0) is 23.2. The Morgan fingerprint density at radius 3 is 2.76 bits per heavy atom. The second kappa shape index (κ2) is 11.1. The maximum atomic E-state index is 13.6. The molecule has 1 atom stereocenters. The molecule has 1 aliphatic rings. The summed E-state index contributed by atoms with van der Waals surface area (Å²) in [5.74, 6) is 0.596. The predicted molar refractivity (Wildman–Crippen MR) is 133 cm³/mol. The van der Waals surface area contributed by atoms with Crippen LogP contribution in [0.2, 0.25) is 0 Å². The number of benzene rings is 1. The minimum absolute atomic E-state index is 0.257. The van der Waals surface area contributed by atoms with E-state index >= 15 is 0 Å². The minimum atomic E-state index is -0.257. The first-order chi connectivity index (χ1) is 16.1. The number of likely N-dealkylation sites (N-methyl/N-ethyl adjacent to an activating group) is 1. The number of rotatable bonds is 10. The molecular formula is C25H32FN5OS. The lowest BCUT2D eigenvalue weighted by molar-refractivity contribution is 0.185. The van der Waals surface area contributed by atoms with Gasteiger partial charge in [0.2, 0.25) is 0 Å². The summed E-state index contributed by atoms with van der Waals surface area (Å²) in [5, 5.41) is 4.45. The van der Waals surface area contributed by atoms with E-state index in [1.807, 2.05) is 18.5 Å². The lowest BCUT2D eigenvalue weighted by Crippen LogP contribution is -2.34. The molecule has 1 saturated heterocycles. The SMILES string of the molecule is CCN1CCCC1CNc1cc(-c2c(-c3ccc(F)cc3)nc(SC)n2CCOC)ccn1. The molecule has 1 aliphatic heterocycles. The van der Waals surface area contributed by atoms with Crippen molar-refractivity contribution < 1.29 is 9.13 Å². The summed E-state index contributed by atoms with van der Waals surface area (Å²) in [6.45, 7) is 6.61. The van der Waals surface area contributed by atoms with Crippen molar-refractivity contribution in [3.05, 3.63) is 48.4 Å². The van der Waals surface area contributed by atoms with Crippen LogP contribution in [-0.4, -0.2) is 65.1 Å². The van der Waals surface area contributed by atoms with E-state index in [1.54, 1.807) is 31.0 Å². The van der Waals surface area contributed by atoms with Crippen LogP contribution in [-0.2, 0) is 11.3 Å². The molecule has 6 nitrogen and oxygen atoms in total. The summed E-state index contributed by atoms with van der Waals surface area (Å²) >= 11 is 1.59. The van der Waals surface area contributed by atoms with Crippen LogP contribution >= 0.6 is 11.8 Å². The maximum absolute atomic E-state index is 13.6. The second-order valence-corrected chi connectivity index (χ2v) is 8.96. The van der Waals surface area contributed by atoms with E-state index in [9.17, 15) is 4.39 Å². The molecule has 1 fully saturated rings. The Morgan fingerprint density at radius 1 is 1.21 bits per heavy atom. The smallest absolute Gasteiger partial charge is 0.168 e. The Hall–Kier alpha value is -2.42. The summed E-state index contributed by atoms with van der Waals surface area (Å²) in [6.07, 6.45) is 6.33. The first-order valence-electron chi connectivity index (χ1n) is 11.5. The molecule has 0 aliphatic carbocycles. The van der Waals surface area contributed by atoms with Crippen LogP contribution in [0.5, 0.6) is 0 Å². The number of nitrogens with one attached hydrogen (secondary N) is 1. The third-order valence-corrected chi connectivity index (χ3v) is 6.89. The highest BCUT2D eigenvalue weighted by Crippen LogP contribution is 2.36. The number of halogens is 1. The quantitative estimate of drug-likeness (QED) is 0.421. The van der Waals surface area contributed by atoms with Crippen molar-refractivity contribution in [3.63, 3.8) is 0 Å². The number of imidazole rings is 1. The number of thioether (sulfide) groups is 1. The lowest BCUT2D eigenvalue weighted by Gasteiger charge is -2.23. The van der Waals surface area contributed by atoms with Gasteiger partial charge in [-0.3, -0.25) is 4.90 Å². The normalized spacial score (nSPS) is 16.4. The van der Waals surface area contributed by atoms with Crippen molar-refractivity contribution in [2.24, 2.45) is 0 Å². The Labute approximate surface area is 199 Å². The van der Waals surface area contributed by atoms with E-state index in [1.165, 1.54) is 31.5 Å². The predicted octanol–water partition coefficient (Wildman–Crippen LogP) is 5.02. The molecule has 3 aromatic rings. The largest absolute Gasteiger partial charge is 0.383 e. The van der Waals surface area contributed by atoms with Crippen molar-refractivity contribution >= 4 is 17.6 Å². The number of methoxy groups -OCH3 is 1. The summed E-state index contributed by atoms with van der Waals surface area (Å²) in [6, 6.07) is 11.2. The highest BCUT2D eigenvalue weighted by Gasteiger charge is 2.23. The van der Waals surface area contributed by atoms with E-state index < -0.39 is 0 Å². The molecule has 176 valence electrons. The molecule has 1 aromatic carbocycles. The number of hydrogen-bond acceptors (Lipinski definition) is 6. The number of likely N-dealkylation sites (tertiary alicyclic amines) is 1. The van der Waals surface area contributed by atoms with Gasteiger partial charge in [0.1, 0.15) is 11.6 Å². The Balaban J connectivity index is 1.69. The van der Waals surface area contributed by atoms with Crippen LogP contribution in [0.1, 0.15) is 19.8 Å². The highest BCUT2D eigenvalue weighted by atomic mass is 32.2. The summed E-state index contributed by atoms with van der Waals surface area (Å²) in [7, 11) is 1.70. The average Bonchev–Trinajstić information content (AvgIpc) is 3.46. The monoisotopic (exact) mass is 469 g/mol. The Kier molecular flexibility index (Phi) is 8.01. The first-order valence-corrected chi connectivity index (χ1v) is 12.7. The minimum Gasteiger partial charge on any atom is -0.383 e. The number of pyridine rings is 1. The van der Waals surface area contributed by atoms with Crippen molar-refractivity contribution in [2.45, 2.75) is 37.5 Å². The molecule has 0 bridgehead atoms. The average molecular weight is 470 g/mol. The third kappa shape index (κ3) is 5.39. The zero-order valence-electron chi connectivity index (χ0n) is 19.6. The zero-order valence-corrected chi connectivity index (χ0v) is 20.4. The van der Waals surface area contributed by atoms with Crippen molar-refractivity contribution in [3.8, 4) is 22.5 Å². The van der Waals surface area contributed by atoms with E-state index in [-0.39, 0.29) is 5.82 Å². The van der Waals surface area contributed by atoms with E-state index in [0.29, 0.717) is 19.2 Å². The molecule has 1 unspecified atom stereocenters. The van der Waals surface area contributed by atoms with Gasteiger partial charge in [-0.05, 0) is 68.6 Å². The number of nitrogens with zero attached hydrogens (tertiary/aromatic N) is 4. The van der Waals surface area contributed by atoms with Crippen molar-refractivity contribution in [1.82, 2.24) is 19.4 Å². The van der Waals surface area contributed by atoms with E-state index in [4.69, 9.17) is 9.72 Å². The number of anilines is 1. The number of aromatic nitrogens is 3. The maximum Gasteiger partial charge on any atom is 0.168 e. The van der Waals surface area contributed by atoms with Gasteiger partial charge in [0.25, 0.3) is 0 Å². The summed E-state index contributed by atoms with van der Waals surface area (Å²) < 4.78 is 21.1. The molecule has 2 aromatic heterocycles. The lowest BCUT2D eigenvalue weighted by atomic mass is 10.1. The molecule has 33 heavy (non-hydrogen) atoms. The molecule has 4 rings (SSSR count). The fraction of sp³-hybridized carbons (Fsp3) is 0.440. The highest BCUT2D eigenvalue weighted by molar-refractivity contribution is 7.98. The van der Waals surface area contributed by atoms with Gasteiger partial charge in [-0.15, -0.1) is 0 Å². The fourth-order valence-corrected chi connectivity index (χ4v) is 5.10. The number of hydrogen-bond donors (Lipinski definition) is 1. The number of ether oxygens (including phenoxy) is 1. The van der Waals surface area contributed by atoms with Crippen LogP contribution < -0.4 is 5.32 Å². The molecule has 8 heteroatoms. The molecule has 0 saturated carbocycles. The van der Waals surface area contributed by atoms with Gasteiger partial charge in [0.05, 0.1) is 18.0 Å². The topological polar surface area (TPSA) is 55.2 Å². The first kappa shape index (κ1) is 23.7. The van der Waals surface area contributed by atoms with Gasteiger partial charge in [0, 0.05) is 43.6 Å². The molecule has 3 heterocycles. The fourth-order valence-electron chi connectivity index (χ4n) is 4.52. The van der Waals surface area contributed by atoms with Crippen LogP contribution in [0, 0.1) is 5.82 Å². The van der Waals surface area contributed by atoms with Gasteiger partial charge in [0.15, 0.2) is 5.16 Å². The van der Waals surface area contributed by atoms with Gasteiger partial charge >= 0.3 is 0 Å².